The van der Waals surface area contributed by atoms with Gasteiger partial charge in [-0.2, -0.15) is 10.1 Å². The predicted octanol–water partition coefficient (Wildman–Crippen LogP) is 6.46. The summed E-state index contributed by atoms with van der Waals surface area (Å²) in [5, 5.41) is 19.1. The van der Waals surface area contributed by atoms with E-state index in [9.17, 15) is 14.4 Å². The number of piperidine rings is 1. The summed E-state index contributed by atoms with van der Waals surface area (Å²) in [5.41, 5.74) is 3.78. The lowest BCUT2D eigenvalue weighted by atomic mass is 9.64. The van der Waals surface area contributed by atoms with Crippen molar-refractivity contribution in [2.24, 2.45) is 31.3 Å². The molecule has 0 bridgehead atoms. The Morgan fingerprint density at radius 2 is 1.78 bits per heavy atom. The highest BCUT2D eigenvalue weighted by atomic mass is 35.5. The number of imide groups is 1. The van der Waals surface area contributed by atoms with Crippen molar-refractivity contribution in [1.82, 2.24) is 29.6 Å². The van der Waals surface area contributed by atoms with Crippen LogP contribution in [0.4, 0.5) is 37.6 Å². The minimum Gasteiger partial charge on any atom is -0.480 e. The molecule has 5 aliphatic rings. The molecule has 1 spiro atoms. The first kappa shape index (κ1) is 37.7. The maximum atomic E-state index is 15.2. The molecule has 17 heteroatoms. The second-order valence-corrected chi connectivity index (χ2v) is 17.8. The van der Waals surface area contributed by atoms with Gasteiger partial charge < -0.3 is 30.2 Å². The topological polar surface area (TPSA) is 160 Å². The molecular weight excluding hydrogens is 782 g/mol. The fraction of sp³-hybridized carbons (Fsp3) is 0.476. The number of rotatable bonds is 7. The van der Waals surface area contributed by atoms with E-state index in [4.69, 9.17) is 26.4 Å². The zero-order chi connectivity index (χ0) is 41.0. The van der Waals surface area contributed by atoms with Crippen LogP contribution in [0.3, 0.4) is 0 Å². The smallest absolute Gasteiger partial charge is 0.301 e. The van der Waals surface area contributed by atoms with E-state index >= 15 is 8.78 Å². The number of ether oxygens (including phenoxy) is 1. The highest BCUT2D eigenvalue weighted by Crippen LogP contribution is 2.49. The van der Waals surface area contributed by atoms with Crippen LogP contribution in [0.2, 0.25) is 5.02 Å². The monoisotopic (exact) mass is 826 g/mol. The molecule has 2 unspecified atom stereocenters. The van der Waals surface area contributed by atoms with Crippen molar-refractivity contribution in [3.8, 4) is 5.75 Å². The van der Waals surface area contributed by atoms with Crippen LogP contribution >= 0.6 is 11.6 Å². The molecule has 14 nitrogen and oxygen atoms in total. The van der Waals surface area contributed by atoms with Crippen LogP contribution < -0.4 is 36.5 Å². The van der Waals surface area contributed by atoms with Crippen molar-refractivity contribution < 1.29 is 23.1 Å². The van der Waals surface area contributed by atoms with Gasteiger partial charge in [-0.05, 0) is 86.8 Å². The summed E-state index contributed by atoms with van der Waals surface area (Å²) < 4.78 is 39.1. The highest BCUT2D eigenvalue weighted by Gasteiger charge is 2.51. The molecular formula is C42H45ClF2N10O4. The van der Waals surface area contributed by atoms with Gasteiger partial charge in [0.25, 0.3) is 5.56 Å². The summed E-state index contributed by atoms with van der Waals surface area (Å²) in [6, 6.07) is 10.7. The van der Waals surface area contributed by atoms with Crippen molar-refractivity contribution >= 4 is 74.0 Å². The number of hydrogen-bond donors (Lipinski definition) is 4. The van der Waals surface area contributed by atoms with Gasteiger partial charge in [0.2, 0.25) is 23.5 Å². The summed E-state index contributed by atoms with van der Waals surface area (Å²) in [5.74, 6) is -3.01. The molecule has 308 valence electrons. The maximum absolute atomic E-state index is 15.2. The first-order valence-corrected chi connectivity index (χ1v) is 20.7. The molecule has 2 aromatic carbocycles. The number of carbonyl (C=O) groups is 2. The lowest BCUT2D eigenvalue weighted by molar-refractivity contribution is -0.134. The van der Waals surface area contributed by atoms with Gasteiger partial charge >= 0.3 is 5.92 Å². The van der Waals surface area contributed by atoms with Gasteiger partial charge in [0.1, 0.15) is 5.02 Å². The van der Waals surface area contributed by atoms with Gasteiger partial charge in [0, 0.05) is 67.2 Å². The van der Waals surface area contributed by atoms with Crippen LogP contribution in [0.25, 0.3) is 21.8 Å². The lowest BCUT2D eigenvalue weighted by Gasteiger charge is -2.55. The van der Waals surface area contributed by atoms with E-state index in [0.29, 0.717) is 70.7 Å². The van der Waals surface area contributed by atoms with Gasteiger partial charge in [0.05, 0.1) is 40.6 Å². The van der Waals surface area contributed by atoms with E-state index < -0.39 is 30.0 Å². The first-order chi connectivity index (χ1) is 28.3. The molecule has 2 aliphatic carbocycles. The van der Waals surface area contributed by atoms with Crippen LogP contribution in [0.15, 0.2) is 47.4 Å². The Morgan fingerprint density at radius 3 is 2.54 bits per heavy atom. The fourth-order valence-corrected chi connectivity index (χ4v) is 10.0. The van der Waals surface area contributed by atoms with Gasteiger partial charge in [-0.25, -0.2) is 13.8 Å². The SMILES string of the molecule is C[C@@H]1CC2(CC[C@@H]1Nc1ccc3c(C4CCC(=O)NC4=O)nn(C)c3c1)CN(c1ncc(Cl)c(Nc3ccc4c(c3)c3c(c(=O)n4C)OCC(F)(F)C(C4CC4)N3)n1)C2. The molecule has 10 rings (SSSR count). The van der Waals surface area contributed by atoms with Crippen molar-refractivity contribution in [2.45, 2.75) is 75.8 Å². The van der Waals surface area contributed by atoms with Gasteiger partial charge in [-0.15, -0.1) is 0 Å². The van der Waals surface area contributed by atoms with Gasteiger partial charge in [-0.1, -0.05) is 18.5 Å². The van der Waals surface area contributed by atoms with E-state index in [1.165, 1.54) is 4.57 Å². The zero-order valence-corrected chi connectivity index (χ0v) is 33.7. The zero-order valence-electron chi connectivity index (χ0n) is 32.9. The van der Waals surface area contributed by atoms with Crippen molar-refractivity contribution in [3.63, 3.8) is 0 Å². The van der Waals surface area contributed by atoms with Crippen LogP contribution in [0.5, 0.6) is 5.75 Å². The Balaban J connectivity index is 0.814. The molecule has 0 radical (unpaired) electrons. The van der Waals surface area contributed by atoms with Gasteiger partial charge in [0.15, 0.2) is 12.4 Å². The molecule has 3 aliphatic heterocycles. The molecule has 4 fully saturated rings. The number of halogens is 3. The maximum Gasteiger partial charge on any atom is 0.301 e. The minimum absolute atomic E-state index is 0.110. The third kappa shape index (κ3) is 6.59. The normalized spacial score (nSPS) is 24.8. The second kappa shape index (κ2) is 13.8. The molecule has 4 N–H and O–H groups in total. The summed E-state index contributed by atoms with van der Waals surface area (Å²) in [6.07, 6.45) is 6.85. The van der Waals surface area contributed by atoms with Crippen LogP contribution in [0, 0.1) is 17.3 Å². The van der Waals surface area contributed by atoms with E-state index in [0.717, 1.165) is 48.9 Å². The molecule has 5 aromatic rings. The first-order valence-electron chi connectivity index (χ1n) is 20.3. The fourth-order valence-electron chi connectivity index (χ4n) is 9.90. The summed E-state index contributed by atoms with van der Waals surface area (Å²) in [4.78, 5) is 49.1. The molecule has 2 saturated carbocycles. The number of hydrogen-bond acceptors (Lipinski definition) is 11. The van der Waals surface area contributed by atoms with Crippen LogP contribution in [-0.4, -0.2) is 73.8 Å². The van der Waals surface area contributed by atoms with Crippen molar-refractivity contribution in [1.29, 1.82) is 0 Å². The average molecular weight is 827 g/mol. The van der Waals surface area contributed by atoms with Crippen molar-refractivity contribution in [2.75, 3.05) is 40.5 Å². The summed E-state index contributed by atoms with van der Waals surface area (Å²) in [7, 11) is 3.48. The lowest BCUT2D eigenvalue weighted by Crippen LogP contribution is -2.60. The third-order valence-corrected chi connectivity index (χ3v) is 13.4. The number of anilines is 5. The average Bonchev–Trinajstić information content (AvgIpc) is 4.00. The Bertz CT molecular complexity index is 2620. The number of fused-ring (bicyclic) bond motifs is 4. The van der Waals surface area contributed by atoms with Crippen LogP contribution in [0.1, 0.15) is 63.5 Å². The summed E-state index contributed by atoms with van der Waals surface area (Å²) in [6.45, 7) is 3.08. The van der Waals surface area contributed by atoms with E-state index in [1.807, 2.05) is 17.8 Å². The predicted molar refractivity (Wildman–Crippen MR) is 221 cm³/mol. The number of nitrogens with one attached hydrogen (secondary N) is 4. The highest BCUT2D eigenvalue weighted by molar-refractivity contribution is 6.33. The number of aryl methyl sites for hydroxylation is 2. The van der Waals surface area contributed by atoms with Gasteiger partial charge in [-0.3, -0.25) is 24.4 Å². The number of alkyl halides is 2. The third-order valence-electron chi connectivity index (χ3n) is 13.2. The Labute approximate surface area is 343 Å². The molecule has 4 atom stereocenters. The molecule has 2 amide bonds. The molecule has 59 heavy (non-hydrogen) atoms. The second-order valence-electron chi connectivity index (χ2n) is 17.4. The summed E-state index contributed by atoms with van der Waals surface area (Å²) >= 11 is 6.63. The Morgan fingerprint density at radius 1 is 0.983 bits per heavy atom. The number of pyridine rings is 1. The Kier molecular flexibility index (Phi) is 8.82. The quantitative estimate of drug-likeness (QED) is 0.134. The number of benzene rings is 2. The number of nitrogens with zero attached hydrogens (tertiary/aromatic N) is 6. The minimum atomic E-state index is -3.13. The largest absolute Gasteiger partial charge is 0.480 e. The molecule has 2 saturated heterocycles. The molecule has 3 aromatic heterocycles. The standard InChI is InChI=1S/C42H45ClF2N10O4/c1-21-16-41(13-12-29(21)47-24-6-8-25-31(15-24)54(3)52-33(25)26-9-11-32(56)49-38(26)57)18-55(19-41)40-46-17-28(43)37(51-40)48-23-7-10-30-27(14-23)34-35(39(58)53(30)2)59-20-42(44,45)36(50-34)22-4-5-22/h6-8,10,14-15,17,21-22,26,29,36,47,50H,4-5,9,11-13,16,18-20H2,1-3H3,(H,46,48,51)(H,49,56,57)/t21-,26?,29+,36?/m1/s1. The Hall–Kier alpha value is -5.51. The van der Waals surface area contributed by atoms with E-state index in [-0.39, 0.29) is 40.6 Å². The van der Waals surface area contributed by atoms with E-state index in [2.05, 4.69) is 50.2 Å². The number of amides is 2. The number of carbonyl (C=O) groups excluding carboxylic acids is 2. The van der Waals surface area contributed by atoms with Crippen LogP contribution in [-0.2, 0) is 23.7 Å². The molecule has 6 heterocycles. The van der Waals surface area contributed by atoms with E-state index in [1.54, 1.807) is 31.4 Å². The van der Waals surface area contributed by atoms with Crippen molar-refractivity contribution in [3.05, 3.63) is 63.7 Å². The number of aromatic nitrogens is 5.